The van der Waals surface area contributed by atoms with E-state index >= 15 is 0 Å². The first-order chi connectivity index (χ1) is 14.3. The zero-order valence-corrected chi connectivity index (χ0v) is 17.3. The van der Waals surface area contributed by atoms with Crippen LogP contribution in [-0.4, -0.2) is 62.5 Å². The number of carbonyl (C=O) groups excluding carboxylic acids is 1. The third-order valence-corrected chi connectivity index (χ3v) is 9.76. The van der Waals surface area contributed by atoms with Crippen molar-refractivity contribution in [3.63, 3.8) is 0 Å². The zero-order chi connectivity index (χ0) is 20.6. The second-order valence-corrected chi connectivity index (χ2v) is 11.1. The van der Waals surface area contributed by atoms with Gasteiger partial charge in [0.2, 0.25) is 5.91 Å². The Morgan fingerprint density at radius 1 is 1.30 bits per heavy atom. The zero-order valence-electron chi connectivity index (χ0n) is 17.3. The number of aromatic hydroxyl groups is 1. The first-order valence-electron chi connectivity index (χ1n) is 11.6. The molecule has 160 valence electrons. The molecule has 1 aromatic carbocycles. The lowest BCUT2D eigenvalue weighted by molar-refractivity contribution is -0.205. The highest BCUT2D eigenvalue weighted by Gasteiger charge is 2.86. The van der Waals surface area contributed by atoms with E-state index in [1.165, 1.54) is 25.3 Å². The maximum atomic E-state index is 12.6. The van der Waals surface area contributed by atoms with Crippen LogP contribution in [0.4, 0.5) is 0 Å². The van der Waals surface area contributed by atoms with Gasteiger partial charge in [-0.1, -0.05) is 6.07 Å². The topological polar surface area (TPSA) is 93.0 Å². The highest BCUT2D eigenvalue weighted by atomic mass is 16.3. The summed E-state index contributed by atoms with van der Waals surface area (Å²) >= 11 is 0. The molecule has 1 heterocycles. The quantitative estimate of drug-likeness (QED) is 0.595. The molecule has 0 aromatic heterocycles. The van der Waals surface area contributed by atoms with Gasteiger partial charge < -0.3 is 20.6 Å². The number of likely N-dealkylation sites (tertiary alicyclic amines) is 1. The van der Waals surface area contributed by atoms with Gasteiger partial charge in [0.05, 0.1) is 17.7 Å². The van der Waals surface area contributed by atoms with Crippen molar-refractivity contribution in [3.8, 4) is 5.75 Å². The number of aliphatic hydroxyl groups excluding tert-OH is 1. The highest BCUT2D eigenvalue weighted by Crippen LogP contribution is 2.78. The maximum Gasteiger partial charge on any atom is 0.217 e. The average Bonchev–Trinajstić information content (AvgIpc) is 3.45. The van der Waals surface area contributed by atoms with Gasteiger partial charge in [0, 0.05) is 37.4 Å². The molecule has 0 radical (unpaired) electrons. The number of rotatable bonds is 3. The summed E-state index contributed by atoms with van der Waals surface area (Å²) in [6.07, 6.45) is 3.71. The number of fused-ring (bicyclic) bond motifs is 3. The molecule has 0 bridgehead atoms. The molecule has 4 saturated carbocycles. The second-order valence-electron chi connectivity index (χ2n) is 11.1. The number of aliphatic hydroxyl groups is 2. The molecule has 9 unspecified atom stereocenters. The Labute approximate surface area is 176 Å². The van der Waals surface area contributed by atoms with E-state index in [2.05, 4.69) is 10.2 Å². The molecule has 1 saturated heterocycles. The van der Waals surface area contributed by atoms with Crippen LogP contribution in [0.3, 0.4) is 0 Å². The molecule has 4 N–H and O–H groups in total. The summed E-state index contributed by atoms with van der Waals surface area (Å²) in [5.74, 6) is 2.16. The predicted octanol–water partition coefficient (Wildman–Crippen LogP) is 0.915. The number of phenols is 1. The van der Waals surface area contributed by atoms with Crippen molar-refractivity contribution < 1.29 is 20.1 Å². The van der Waals surface area contributed by atoms with E-state index < -0.39 is 23.2 Å². The van der Waals surface area contributed by atoms with Gasteiger partial charge in [-0.2, -0.15) is 0 Å². The van der Waals surface area contributed by atoms with Gasteiger partial charge >= 0.3 is 0 Å². The summed E-state index contributed by atoms with van der Waals surface area (Å²) in [5, 5.41) is 36.9. The largest absolute Gasteiger partial charge is 0.508 e. The normalized spacial score (nSPS) is 49.9. The molecule has 1 aromatic rings. The Morgan fingerprint density at radius 3 is 2.83 bits per heavy atom. The number of nitrogens with one attached hydrogen (secondary N) is 1. The van der Waals surface area contributed by atoms with Crippen LogP contribution in [0.25, 0.3) is 0 Å². The smallest absolute Gasteiger partial charge is 0.217 e. The van der Waals surface area contributed by atoms with Gasteiger partial charge in [0.1, 0.15) is 5.75 Å². The lowest BCUT2D eigenvalue weighted by Crippen LogP contribution is -2.77. The van der Waals surface area contributed by atoms with Crippen LogP contribution in [0.15, 0.2) is 18.2 Å². The first-order valence-corrected chi connectivity index (χ1v) is 11.6. The minimum Gasteiger partial charge on any atom is -0.508 e. The molecular weight excluding hydrogens is 380 g/mol. The minimum absolute atomic E-state index is 0.0985. The number of nitrogens with zero attached hydrogens (tertiary/aromatic N) is 1. The van der Waals surface area contributed by atoms with Crippen LogP contribution in [-0.2, 0) is 16.6 Å². The van der Waals surface area contributed by atoms with Crippen molar-refractivity contribution in [2.24, 2.45) is 23.7 Å². The number of hydrogen-bond donors (Lipinski definition) is 4. The molecule has 1 spiro atoms. The van der Waals surface area contributed by atoms with E-state index in [0.717, 1.165) is 24.4 Å². The van der Waals surface area contributed by atoms with Crippen molar-refractivity contribution in [2.45, 2.75) is 74.3 Å². The van der Waals surface area contributed by atoms with Crippen LogP contribution in [0.5, 0.6) is 5.75 Å². The maximum absolute atomic E-state index is 12.6. The molecule has 7 rings (SSSR count). The van der Waals surface area contributed by atoms with Gasteiger partial charge in [0.15, 0.2) is 0 Å². The van der Waals surface area contributed by atoms with E-state index in [1.807, 2.05) is 12.1 Å². The number of benzene rings is 1. The number of piperidine rings is 1. The minimum atomic E-state index is -1.00. The monoisotopic (exact) mass is 410 g/mol. The van der Waals surface area contributed by atoms with Gasteiger partial charge in [-0.25, -0.2) is 0 Å². The Bertz CT molecular complexity index is 963. The molecule has 5 aliphatic carbocycles. The summed E-state index contributed by atoms with van der Waals surface area (Å²) in [6.45, 7) is 2.55. The van der Waals surface area contributed by atoms with E-state index in [0.29, 0.717) is 36.6 Å². The van der Waals surface area contributed by atoms with Crippen molar-refractivity contribution in [3.05, 3.63) is 29.3 Å². The second kappa shape index (κ2) is 5.40. The van der Waals surface area contributed by atoms with Gasteiger partial charge in [0.25, 0.3) is 0 Å². The van der Waals surface area contributed by atoms with E-state index in [4.69, 9.17) is 0 Å². The Kier molecular flexibility index (Phi) is 3.24. The molecule has 9 atom stereocenters. The molecule has 6 heteroatoms. The lowest BCUT2D eigenvalue weighted by atomic mass is 9.44. The molecule has 1 amide bonds. The van der Waals surface area contributed by atoms with Gasteiger partial charge in [-0.3, -0.25) is 9.69 Å². The predicted molar refractivity (Wildman–Crippen MR) is 109 cm³/mol. The fourth-order valence-corrected chi connectivity index (χ4v) is 8.83. The van der Waals surface area contributed by atoms with Crippen LogP contribution in [0, 0.1) is 23.7 Å². The number of carbonyl (C=O) groups is 1. The third-order valence-electron chi connectivity index (χ3n) is 9.76. The summed E-state index contributed by atoms with van der Waals surface area (Å²) in [4.78, 5) is 14.4. The average molecular weight is 411 g/mol. The van der Waals surface area contributed by atoms with Crippen LogP contribution in [0.1, 0.15) is 43.7 Å². The molecule has 6 nitrogen and oxygen atoms in total. The van der Waals surface area contributed by atoms with Crippen LogP contribution < -0.4 is 5.32 Å². The summed E-state index contributed by atoms with van der Waals surface area (Å²) in [7, 11) is 0. The molecular formula is C24H30N2O4. The number of hydrogen-bond acceptors (Lipinski definition) is 5. The van der Waals surface area contributed by atoms with Crippen molar-refractivity contribution in [2.75, 3.05) is 6.54 Å². The van der Waals surface area contributed by atoms with E-state index in [9.17, 15) is 20.1 Å². The van der Waals surface area contributed by atoms with E-state index in [-0.39, 0.29) is 17.7 Å². The fraction of sp³-hybridized carbons (Fsp3) is 0.708. The van der Waals surface area contributed by atoms with E-state index in [1.54, 1.807) is 6.07 Å². The summed E-state index contributed by atoms with van der Waals surface area (Å²) in [6, 6.07) is 5.85. The standard InChI is InChI=1S/C24H30N2O4/c1-11(27)25-17-8-24(30)22-19-20-15(21(19)26(22)10-12-2-3-12)6-13-4-5-14(28)7-16(13)23(20,24)9-18(17)29/h4-5,7,12,15,17-22,28-30H,2-3,6,8-10H2,1H3,(H,25,27). The van der Waals surface area contributed by atoms with Crippen LogP contribution in [0.2, 0.25) is 0 Å². The van der Waals surface area contributed by atoms with Crippen molar-refractivity contribution in [1.82, 2.24) is 10.2 Å². The summed E-state index contributed by atoms with van der Waals surface area (Å²) in [5.41, 5.74) is 0.723. The van der Waals surface area contributed by atoms with Gasteiger partial charge in [-0.15, -0.1) is 0 Å². The molecule has 1 aliphatic heterocycles. The first kappa shape index (κ1) is 18.0. The van der Waals surface area contributed by atoms with Gasteiger partial charge in [-0.05, 0) is 72.6 Å². The number of amides is 1. The molecule has 30 heavy (non-hydrogen) atoms. The van der Waals surface area contributed by atoms with Crippen LogP contribution >= 0.6 is 0 Å². The highest BCUT2D eigenvalue weighted by molar-refractivity contribution is 5.73. The molecule has 6 aliphatic rings. The Balaban J connectivity index is 1.40. The third kappa shape index (κ3) is 1.87. The molecule has 5 fully saturated rings. The Morgan fingerprint density at radius 2 is 2.10 bits per heavy atom. The fourth-order valence-electron chi connectivity index (χ4n) is 8.83. The van der Waals surface area contributed by atoms with Crippen molar-refractivity contribution >= 4 is 5.91 Å². The summed E-state index contributed by atoms with van der Waals surface area (Å²) < 4.78 is 0. The number of phenolic OH excluding ortho intramolecular Hbond substituents is 1. The Hall–Kier alpha value is -1.63. The lowest BCUT2D eigenvalue weighted by Gasteiger charge is -2.68. The SMILES string of the molecule is CC(=O)NC1CC2(O)C3C4C(C5Cc6ccc(O)cc6C2(CC1O)C54)N3CC1CC1. The van der Waals surface area contributed by atoms with Crippen molar-refractivity contribution in [1.29, 1.82) is 0 Å².